The zero-order valence-electron chi connectivity index (χ0n) is 12.7. The van der Waals surface area contributed by atoms with Crippen LogP contribution < -0.4 is 9.46 Å². The minimum Gasteiger partial charge on any atom is -0.496 e. The van der Waals surface area contributed by atoms with Gasteiger partial charge in [-0.15, -0.1) is 0 Å². The zero-order chi connectivity index (χ0) is 17.7. The van der Waals surface area contributed by atoms with Crippen LogP contribution in [0.5, 0.6) is 5.75 Å². The Balaban J connectivity index is 2.52. The van der Waals surface area contributed by atoms with Gasteiger partial charge >= 0.3 is 6.18 Å². The van der Waals surface area contributed by atoms with E-state index in [0.717, 1.165) is 4.90 Å². The van der Waals surface area contributed by atoms with Crippen LogP contribution in [0.3, 0.4) is 0 Å². The molecule has 23 heavy (non-hydrogen) atoms. The van der Waals surface area contributed by atoms with Crippen molar-refractivity contribution < 1.29 is 26.3 Å². The summed E-state index contributed by atoms with van der Waals surface area (Å²) in [5, 5.41) is 0. The molecule has 0 radical (unpaired) electrons. The average molecular weight is 419 g/mol. The summed E-state index contributed by atoms with van der Waals surface area (Å²) in [6.07, 6.45) is -3.99. The molecule has 0 amide bonds. The smallest absolute Gasteiger partial charge is 0.401 e. The fourth-order valence-electron chi connectivity index (χ4n) is 1.84. The molecule has 0 unspecified atom stereocenters. The van der Waals surface area contributed by atoms with E-state index in [-0.39, 0.29) is 24.4 Å². The number of methoxy groups -OCH3 is 1. The standard InChI is InChI=1S/C13H18BrF3N2O3S/c1-19(9-13(15,16)17)7-3-6-18-23(20,21)10-4-5-12(22-2)11(14)8-10/h4-5,8,18H,3,6-7,9H2,1-2H3. The van der Waals surface area contributed by atoms with E-state index in [1.165, 1.54) is 32.4 Å². The van der Waals surface area contributed by atoms with E-state index in [2.05, 4.69) is 20.7 Å². The number of ether oxygens (including phenoxy) is 1. The fourth-order valence-corrected chi connectivity index (χ4v) is 3.63. The van der Waals surface area contributed by atoms with Gasteiger partial charge in [0.1, 0.15) is 5.75 Å². The van der Waals surface area contributed by atoms with Crippen molar-refractivity contribution in [1.29, 1.82) is 0 Å². The number of hydrogen-bond acceptors (Lipinski definition) is 4. The summed E-state index contributed by atoms with van der Waals surface area (Å²) in [6.45, 7) is -0.840. The molecule has 1 N–H and O–H groups in total. The molecule has 0 saturated heterocycles. The van der Waals surface area contributed by atoms with Crippen LogP contribution in [-0.2, 0) is 10.0 Å². The molecule has 1 aromatic carbocycles. The lowest BCUT2D eigenvalue weighted by Crippen LogP contribution is -2.33. The van der Waals surface area contributed by atoms with Crippen molar-refractivity contribution >= 4 is 26.0 Å². The molecule has 0 aliphatic carbocycles. The average Bonchev–Trinajstić information content (AvgIpc) is 2.41. The predicted molar refractivity (Wildman–Crippen MR) is 84.1 cm³/mol. The Hall–Kier alpha value is -0.840. The van der Waals surface area contributed by atoms with Crippen molar-refractivity contribution in [3.8, 4) is 5.75 Å². The van der Waals surface area contributed by atoms with Crippen LogP contribution in [0.4, 0.5) is 13.2 Å². The molecule has 0 saturated carbocycles. The predicted octanol–water partition coefficient (Wildman–Crippen LogP) is 2.62. The molecule has 0 spiro atoms. The minimum atomic E-state index is -4.26. The summed E-state index contributed by atoms with van der Waals surface area (Å²) in [4.78, 5) is 1.15. The first-order valence-corrected chi connectivity index (χ1v) is 8.91. The van der Waals surface area contributed by atoms with E-state index in [4.69, 9.17) is 4.74 Å². The third-order valence-corrected chi connectivity index (χ3v) is 4.97. The quantitative estimate of drug-likeness (QED) is 0.659. The van der Waals surface area contributed by atoms with Crippen LogP contribution in [0.25, 0.3) is 0 Å². The highest BCUT2D eigenvalue weighted by Gasteiger charge is 2.28. The van der Waals surface area contributed by atoms with Gasteiger partial charge in [0.05, 0.1) is 23.0 Å². The third kappa shape index (κ3) is 7.06. The van der Waals surface area contributed by atoms with Crippen molar-refractivity contribution in [2.24, 2.45) is 0 Å². The Morgan fingerprint density at radius 3 is 2.52 bits per heavy atom. The van der Waals surface area contributed by atoms with Gasteiger partial charge in [-0.25, -0.2) is 13.1 Å². The molecule has 0 aliphatic heterocycles. The van der Waals surface area contributed by atoms with Crippen LogP contribution >= 0.6 is 15.9 Å². The molecule has 0 atom stereocenters. The maximum Gasteiger partial charge on any atom is 0.401 e. The van der Waals surface area contributed by atoms with Gasteiger partial charge in [0.25, 0.3) is 0 Å². The van der Waals surface area contributed by atoms with Gasteiger partial charge in [0, 0.05) is 6.54 Å². The molecule has 0 bridgehead atoms. The zero-order valence-corrected chi connectivity index (χ0v) is 15.1. The van der Waals surface area contributed by atoms with Gasteiger partial charge in [-0.2, -0.15) is 13.2 Å². The van der Waals surface area contributed by atoms with Gasteiger partial charge in [0.15, 0.2) is 0 Å². The number of hydrogen-bond donors (Lipinski definition) is 1. The molecule has 132 valence electrons. The third-order valence-electron chi connectivity index (χ3n) is 2.89. The summed E-state index contributed by atoms with van der Waals surface area (Å²) in [5.74, 6) is 0.498. The number of halogens is 4. The lowest BCUT2D eigenvalue weighted by atomic mass is 10.3. The highest BCUT2D eigenvalue weighted by molar-refractivity contribution is 9.10. The van der Waals surface area contributed by atoms with Gasteiger partial charge in [0.2, 0.25) is 10.0 Å². The van der Waals surface area contributed by atoms with Gasteiger partial charge < -0.3 is 4.74 Å². The van der Waals surface area contributed by atoms with Gasteiger partial charge in [-0.05, 0) is 54.1 Å². The molecule has 0 fully saturated rings. The first kappa shape index (κ1) is 20.2. The van der Waals surface area contributed by atoms with E-state index in [0.29, 0.717) is 10.2 Å². The maximum absolute atomic E-state index is 12.2. The van der Waals surface area contributed by atoms with Gasteiger partial charge in [-0.1, -0.05) is 0 Å². The molecule has 1 aromatic rings. The Morgan fingerprint density at radius 2 is 2.00 bits per heavy atom. The number of nitrogens with one attached hydrogen (secondary N) is 1. The molecular weight excluding hydrogens is 401 g/mol. The van der Waals surface area contributed by atoms with Crippen molar-refractivity contribution in [2.75, 3.05) is 33.8 Å². The lowest BCUT2D eigenvalue weighted by molar-refractivity contribution is -0.143. The molecule has 0 aromatic heterocycles. The number of benzene rings is 1. The van der Waals surface area contributed by atoms with Crippen LogP contribution in [0.1, 0.15) is 6.42 Å². The monoisotopic (exact) mass is 418 g/mol. The van der Waals surface area contributed by atoms with Crippen molar-refractivity contribution in [2.45, 2.75) is 17.5 Å². The Labute approximate surface area is 142 Å². The molecule has 1 rings (SSSR count). The molecule has 5 nitrogen and oxygen atoms in total. The SMILES string of the molecule is COc1ccc(S(=O)(=O)NCCCN(C)CC(F)(F)F)cc1Br. The first-order valence-electron chi connectivity index (χ1n) is 6.63. The molecule has 10 heteroatoms. The number of rotatable bonds is 8. The Bertz CT molecular complexity index is 623. The number of sulfonamides is 1. The summed E-state index contributed by atoms with van der Waals surface area (Å²) in [6, 6.07) is 4.30. The molecule has 0 aliphatic rings. The van der Waals surface area contributed by atoms with E-state index in [1.54, 1.807) is 0 Å². The van der Waals surface area contributed by atoms with Crippen molar-refractivity contribution in [3.05, 3.63) is 22.7 Å². The largest absolute Gasteiger partial charge is 0.496 e. The highest BCUT2D eigenvalue weighted by Crippen LogP contribution is 2.27. The van der Waals surface area contributed by atoms with E-state index < -0.39 is 22.7 Å². The minimum absolute atomic E-state index is 0.0498. The summed E-state index contributed by atoms with van der Waals surface area (Å²) in [5.41, 5.74) is 0. The normalized spacial score (nSPS) is 12.7. The second-order valence-corrected chi connectivity index (χ2v) is 7.52. The van der Waals surface area contributed by atoms with Crippen molar-refractivity contribution in [1.82, 2.24) is 9.62 Å². The Morgan fingerprint density at radius 1 is 1.35 bits per heavy atom. The summed E-state index contributed by atoms with van der Waals surface area (Å²) in [7, 11) is -0.919. The summed E-state index contributed by atoms with van der Waals surface area (Å²) >= 11 is 3.20. The van der Waals surface area contributed by atoms with Crippen LogP contribution in [0.15, 0.2) is 27.6 Å². The fraction of sp³-hybridized carbons (Fsp3) is 0.538. The van der Waals surface area contributed by atoms with Crippen LogP contribution in [0.2, 0.25) is 0 Å². The Kier molecular flexibility index (Phi) is 7.30. The number of alkyl halides is 3. The molecule has 0 heterocycles. The second-order valence-electron chi connectivity index (χ2n) is 4.90. The van der Waals surface area contributed by atoms with Crippen LogP contribution in [0, 0.1) is 0 Å². The lowest BCUT2D eigenvalue weighted by Gasteiger charge is -2.18. The van der Waals surface area contributed by atoms with E-state index in [9.17, 15) is 21.6 Å². The summed E-state index contributed by atoms with van der Waals surface area (Å²) < 4.78 is 68.5. The topological polar surface area (TPSA) is 58.6 Å². The first-order chi connectivity index (χ1) is 10.5. The maximum atomic E-state index is 12.2. The molecular formula is C13H18BrF3N2O3S. The highest BCUT2D eigenvalue weighted by atomic mass is 79.9. The van der Waals surface area contributed by atoms with Crippen LogP contribution in [-0.4, -0.2) is 53.3 Å². The second kappa shape index (κ2) is 8.32. The van der Waals surface area contributed by atoms with Crippen molar-refractivity contribution in [3.63, 3.8) is 0 Å². The van der Waals surface area contributed by atoms with E-state index in [1.807, 2.05) is 0 Å². The number of nitrogens with zero attached hydrogens (tertiary/aromatic N) is 1. The van der Waals surface area contributed by atoms with Gasteiger partial charge in [-0.3, -0.25) is 4.90 Å². The van der Waals surface area contributed by atoms with E-state index >= 15 is 0 Å².